The predicted octanol–water partition coefficient (Wildman–Crippen LogP) is 2.68. The lowest BCUT2D eigenvalue weighted by Crippen LogP contribution is -2.25. The van der Waals surface area contributed by atoms with E-state index in [0.717, 1.165) is 6.42 Å². The minimum absolute atomic E-state index is 0.134. The number of rotatable bonds is 4. The van der Waals surface area contributed by atoms with Gasteiger partial charge >= 0.3 is 0 Å². The van der Waals surface area contributed by atoms with Crippen molar-refractivity contribution < 1.29 is 4.79 Å². The lowest BCUT2D eigenvalue weighted by molar-refractivity contribution is 0.0954. The van der Waals surface area contributed by atoms with Gasteiger partial charge in [0, 0.05) is 17.7 Å². The quantitative estimate of drug-likeness (QED) is 0.852. The van der Waals surface area contributed by atoms with Gasteiger partial charge in [-0.05, 0) is 47.0 Å². The van der Waals surface area contributed by atoms with Crippen molar-refractivity contribution in [3.05, 3.63) is 56.7 Å². The molecule has 5 heteroatoms. The third kappa shape index (κ3) is 4.61. The Morgan fingerprint density at radius 2 is 2.24 bits per heavy atom. The van der Waals surface area contributed by atoms with E-state index in [-0.39, 0.29) is 12.5 Å². The molecular formula is C16H15ClN2OS. The van der Waals surface area contributed by atoms with Gasteiger partial charge in [0.2, 0.25) is 0 Å². The van der Waals surface area contributed by atoms with Crippen molar-refractivity contribution in [1.82, 2.24) is 5.32 Å². The van der Waals surface area contributed by atoms with E-state index in [0.29, 0.717) is 22.7 Å². The van der Waals surface area contributed by atoms with Crippen molar-refractivity contribution >= 4 is 28.8 Å². The minimum Gasteiger partial charge on any atom is -0.352 e. The molecule has 1 aromatic heterocycles. The Labute approximate surface area is 133 Å². The van der Waals surface area contributed by atoms with Gasteiger partial charge in [-0.15, -0.1) is 0 Å². The summed E-state index contributed by atoms with van der Waals surface area (Å²) in [6, 6.07) is 7.13. The van der Waals surface area contributed by atoms with Gasteiger partial charge in [0.25, 0.3) is 5.91 Å². The number of amides is 1. The summed E-state index contributed by atoms with van der Waals surface area (Å²) in [6.45, 7) is 0.878. The van der Waals surface area contributed by atoms with Crippen LogP contribution in [0.4, 0.5) is 0 Å². The van der Waals surface area contributed by atoms with Gasteiger partial charge in [0.15, 0.2) is 0 Å². The summed E-state index contributed by atoms with van der Waals surface area (Å²) < 4.78 is 0. The second-order valence-electron chi connectivity index (χ2n) is 4.34. The van der Waals surface area contributed by atoms with E-state index in [4.69, 9.17) is 17.3 Å². The number of halogens is 1. The second-order valence-corrected chi connectivity index (χ2v) is 5.53. The van der Waals surface area contributed by atoms with Crippen LogP contribution in [0.15, 0.2) is 35.0 Å². The van der Waals surface area contributed by atoms with E-state index in [1.54, 1.807) is 29.5 Å². The summed E-state index contributed by atoms with van der Waals surface area (Å²) in [5, 5.41) is 7.44. The Hall–Kier alpha value is -1.80. The molecule has 3 nitrogen and oxygen atoms in total. The van der Waals surface area contributed by atoms with E-state index in [9.17, 15) is 4.79 Å². The molecule has 0 fully saturated rings. The molecule has 0 bridgehead atoms. The first-order valence-corrected chi connectivity index (χ1v) is 7.80. The highest BCUT2D eigenvalue weighted by Crippen LogP contribution is 2.17. The minimum atomic E-state index is -0.134. The number of carbonyl (C=O) groups excluding carboxylic acids is 1. The number of nitrogens with one attached hydrogen (secondary N) is 1. The maximum Gasteiger partial charge on any atom is 0.251 e. The van der Waals surface area contributed by atoms with Crippen LogP contribution >= 0.6 is 22.9 Å². The summed E-state index contributed by atoms with van der Waals surface area (Å²) in [5.74, 6) is 5.47. The van der Waals surface area contributed by atoms with Crippen LogP contribution in [0.5, 0.6) is 0 Å². The van der Waals surface area contributed by atoms with Crippen molar-refractivity contribution in [2.45, 2.75) is 6.42 Å². The van der Waals surface area contributed by atoms with Crippen LogP contribution in [0, 0.1) is 11.8 Å². The highest BCUT2D eigenvalue weighted by atomic mass is 35.5. The number of carbonyl (C=O) groups is 1. The summed E-state index contributed by atoms with van der Waals surface area (Å²) in [6.07, 6.45) is 0.822. The normalized spacial score (nSPS) is 9.81. The van der Waals surface area contributed by atoms with Crippen molar-refractivity contribution in [1.29, 1.82) is 0 Å². The van der Waals surface area contributed by atoms with Crippen LogP contribution in [0.3, 0.4) is 0 Å². The molecule has 3 N–H and O–H groups in total. The van der Waals surface area contributed by atoms with Crippen LogP contribution in [0.1, 0.15) is 21.5 Å². The number of thiophene rings is 1. The number of hydrogen-bond acceptors (Lipinski definition) is 3. The number of hydrogen-bond donors (Lipinski definition) is 2. The van der Waals surface area contributed by atoms with Crippen molar-refractivity contribution in [3.8, 4) is 11.8 Å². The van der Waals surface area contributed by atoms with E-state index in [2.05, 4.69) is 28.6 Å². The Morgan fingerprint density at radius 1 is 1.38 bits per heavy atom. The molecule has 2 aromatic rings. The lowest BCUT2D eigenvalue weighted by atomic mass is 10.1. The van der Waals surface area contributed by atoms with E-state index >= 15 is 0 Å². The average molecular weight is 319 g/mol. The van der Waals surface area contributed by atoms with Crippen LogP contribution in [-0.4, -0.2) is 19.0 Å². The van der Waals surface area contributed by atoms with Crippen molar-refractivity contribution in [3.63, 3.8) is 0 Å². The first kappa shape index (κ1) is 15.6. The maximum absolute atomic E-state index is 12.0. The summed E-state index contributed by atoms with van der Waals surface area (Å²) in [7, 11) is 0. The Balaban J connectivity index is 1.94. The molecule has 0 radical (unpaired) electrons. The molecule has 0 saturated heterocycles. The first-order chi connectivity index (χ1) is 10.2. The zero-order chi connectivity index (χ0) is 15.1. The molecular weight excluding hydrogens is 304 g/mol. The van der Waals surface area contributed by atoms with Gasteiger partial charge in [0.05, 0.1) is 11.6 Å². The van der Waals surface area contributed by atoms with Crippen molar-refractivity contribution in [2.75, 3.05) is 13.1 Å². The van der Waals surface area contributed by atoms with Gasteiger partial charge in [-0.3, -0.25) is 4.79 Å². The van der Waals surface area contributed by atoms with Crippen LogP contribution in [0.25, 0.3) is 0 Å². The molecule has 2 rings (SSSR count). The predicted molar refractivity (Wildman–Crippen MR) is 87.7 cm³/mol. The standard InChI is InChI=1S/C16H15ClN2OS/c17-15-10-14(4-3-13(15)2-1-7-18)16(20)19-8-5-12-6-9-21-11-12/h3-4,6,9-11H,5,7-8,18H2,(H,19,20). The largest absolute Gasteiger partial charge is 0.352 e. The maximum atomic E-state index is 12.0. The van der Waals surface area contributed by atoms with Gasteiger partial charge in [-0.2, -0.15) is 11.3 Å². The highest BCUT2D eigenvalue weighted by Gasteiger charge is 2.07. The molecule has 1 heterocycles. The molecule has 1 amide bonds. The number of nitrogens with two attached hydrogens (primary N) is 1. The van der Waals surface area contributed by atoms with Gasteiger partial charge in [-0.1, -0.05) is 23.4 Å². The molecule has 0 spiro atoms. The molecule has 0 aliphatic rings. The van der Waals surface area contributed by atoms with Crippen LogP contribution in [0.2, 0.25) is 5.02 Å². The molecule has 0 atom stereocenters. The topological polar surface area (TPSA) is 55.1 Å². The fourth-order valence-corrected chi connectivity index (χ4v) is 2.69. The Morgan fingerprint density at radius 3 is 2.90 bits per heavy atom. The Bertz CT molecular complexity index is 671. The third-order valence-electron chi connectivity index (χ3n) is 2.84. The molecule has 0 unspecified atom stereocenters. The van der Waals surface area contributed by atoms with Gasteiger partial charge in [0.1, 0.15) is 0 Å². The van der Waals surface area contributed by atoms with Gasteiger partial charge in [-0.25, -0.2) is 0 Å². The SMILES string of the molecule is NCC#Cc1ccc(C(=O)NCCc2ccsc2)cc1Cl. The monoisotopic (exact) mass is 318 g/mol. The van der Waals surface area contributed by atoms with E-state index in [1.165, 1.54) is 5.56 Å². The second kappa shape index (κ2) is 7.84. The van der Waals surface area contributed by atoms with Gasteiger partial charge < -0.3 is 11.1 Å². The summed E-state index contributed by atoms with van der Waals surface area (Å²) in [4.78, 5) is 12.0. The molecule has 1 aromatic carbocycles. The fourth-order valence-electron chi connectivity index (χ4n) is 1.76. The molecule has 0 aliphatic carbocycles. The van der Waals surface area contributed by atoms with Crippen LogP contribution in [-0.2, 0) is 6.42 Å². The average Bonchev–Trinajstić information content (AvgIpc) is 2.99. The molecule has 0 saturated carbocycles. The molecule has 108 valence electrons. The zero-order valence-electron chi connectivity index (χ0n) is 11.4. The van der Waals surface area contributed by atoms with E-state index in [1.807, 2.05) is 5.38 Å². The first-order valence-electron chi connectivity index (χ1n) is 6.48. The molecule has 0 aliphatic heterocycles. The van der Waals surface area contributed by atoms with E-state index < -0.39 is 0 Å². The van der Waals surface area contributed by atoms with Crippen LogP contribution < -0.4 is 11.1 Å². The summed E-state index contributed by atoms with van der Waals surface area (Å²) in [5.41, 5.74) is 7.76. The Kier molecular flexibility index (Phi) is 5.82. The summed E-state index contributed by atoms with van der Waals surface area (Å²) >= 11 is 7.76. The smallest absolute Gasteiger partial charge is 0.251 e. The zero-order valence-corrected chi connectivity index (χ0v) is 12.9. The fraction of sp³-hybridized carbons (Fsp3) is 0.188. The lowest BCUT2D eigenvalue weighted by Gasteiger charge is -2.05. The van der Waals surface area contributed by atoms with Crippen molar-refractivity contribution in [2.24, 2.45) is 5.73 Å². The number of benzene rings is 1. The third-order valence-corrected chi connectivity index (χ3v) is 3.88. The highest BCUT2D eigenvalue weighted by molar-refractivity contribution is 7.07. The molecule has 21 heavy (non-hydrogen) atoms.